The largest absolute Gasteiger partial charge is 0.497 e. The number of halogens is 3. The Labute approximate surface area is 158 Å². The van der Waals surface area contributed by atoms with Gasteiger partial charge in [0, 0.05) is 5.56 Å². The summed E-state index contributed by atoms with van der Waals surface area (Å²) in [5, 5.41) is 0. The average molecular weight is 388 g/mol. The average Bonchev–Trinajstić information content (AvgIpc) is 2.56. The van der Waals surface area contributed by atoms with Crippen LogP contribution in [0.15, 0.2) is 48.5 Å². The molecule has 0 unspecified atom stereocenters. The van der Waals surface area contributed by atoms with E-state index in [1.807, 2.05) is 48.5 Å². The molecule has 0 aliphatic heterocycles. The van der Waals surface area contributed by atoms with Crippen molar-refractivity contribution in [2.75, 3.05) is 13.7 Å². The maximum absolute atomic E-state index is 6.32. The Morgan fingerprint density at radius 1 is 1.00 bits per heavy atom. The molecule has 0 amide bonds. The first-order chi connectivity index (χ1) is 11.5. The van der Waals surface area contributed by atoms with Gasteiger partial charge < -0.3 is 9.47 Å². The minimum atomic E-state index is -1.50. The second-order valence-electron chi connectivity index (χ2n) is 5.49. The Bertz CT molecular complexity index is 636. The van der Waals surface area contributed by atoms with Crippen molar-refractivity contribution in [3.8, 4) is 11.5 Å². The normalized spacial score (nSPS) is 12.7. The predicted molar refractivity (Wildman–Crippen MR) is 102 cm³/mol. The van der Waals surface area contributed by atoms with Crippen LogP contribution in [0.1, 0.15) is 36.8 Å². The molecule has 0 saturated carbocycles. The van der Waals surface area contributed by atoms with Gasteiger partial charge in [0.05, 0.1) is 19.6 Å². The molecule has 2 rings (SSSR count). The summed E-state index contributed by atoms with van der Waals surface area (Å²) in [6, 6.07) is 15.3. The Morgan fingerprint density at radius 3 is 2.25 bits per heavy atom. The van der Waals surface area contributed by atoms with Crippen LogP contribution in [0.3, 0.4) is 0 Å². The van der Waals surface area contributed by atoms with Crippen LogP contribution in [0.2, 0.25) is 0 Å². The van der Waals surface area contributed by atoms with Crippen molar-refractivity contribution in [1.29, 1.82) is 0 Å². The Morgan fingerprint density at radius 2 is 1.67 bits per heavy atom. The lowest BCUT2D eigenvalue weighted by molar-refractivity contribution is 0.305. The lowest BCUT2D eigenvalue weighted by atomic mass is 9.91. The van der Waals surface area contributed by atoms with Crippen molar-refractivity contribution in [2.24, 2.45) is 0 Å². The molecule has 0 fully saturated rings. The highest BCUT2D eigenvalue weighted by molar-refractivity contribution is 6.68. The smallest absolute Gasteiger partial charge is 0.201 e. The minimum Gasteiger partial charge on any atom is -0.497 e. The number of para-hydroxylation sites is 1. The summed E-state index contributed by atoms with van der Waals surface area (Å²) >= 11 is 19.0. The molecule has 0 aromatic heterocycles. The molecule has 0 radical (unpaired) electrons. The fourth-order valence-corrected chi connectivity index (χ4v) is 3.25. The Hall–Kier alpha value is -1.09. The molecular formula is C19H21Cl3O2. The van der Waals surface area contributed by atoms with E-state index in [2.05, 4.69) is 6.92 Å². The van der Waals surface area contributed by atoms with Crippen molar-refractivity contribution in [2.45, 2.75) is 29.5 Å². The Balaban J connectivity index is 2.41. The first-order valence-corrected chi connectivity index (χ1v) is 9.03. The summed E-state index contributed by atoms with van der Waals surface area (Å²) in [5.74, 6) is 1.07. The van der Waals surface area contributed by atoms with E-state index in [0.29, 0.717) is 6.61 Å². The van der Waals surface area contributed by atoms with Crippen molar-refractivity contribution in [3.05, 3.63) is 59.7 Å². The summed E-state index contributed by atoms with van der Waals surface area (Å²) in [7, 11) is 1.62. The van der Waals surface area contributed by atoms with Gasteiger partial charge in [-0.05, 0) is 30.2 Å². The molecule has 0 bridgehead atoms. The summed E-state index contributed by atoms with van der Waals surface area (Å²) in [5.41, 5.74) is 1.75. The van der Waals surface area contributed by atoms with Crippen molar-refractivity contribution < 1.29 is 9.47 Å². The van der Waals surface area contributed by atoms with E-state index in [-0.39, 0.29) is 0 Å². The zero-order valence-electron chi connectivity index (χ0n) is 13.8. The quantitative estimate of drug-likeness (QED) is 0.405. The fourth-order valence-electron chi connectivity index (χ4n) is 2.52. The van der Waals surface area contributed by atoms with Gasteiger partial charge in [-0.2, -0.15) is 0 Å². The van der Waals surface area contributed by atoms with Crippen LogP contribution in [-0.2, 0) is 0 Å². The van der Waals surface area contributed by atoms with Crippen LogP contribution >= 0.6 is 34.8 Å². The highest BCUT2D eigenvalue weighted by atomic mass is 35.6. The number of methoxy groups -OCH3 is 1. The molecule has 130 valence electrons. The van der Waals surface area contributed by atoms with Crippen molar-refractivity contribution in [3.63, 3.8) is 0 Å². The van der Waals surface area contributed by atoms with E-state index in [1.165, 1.54) is 0 Å². The maximum atomic E-state index is 6.32. The summed E-state index contributed by atoms with van der Waals surface area (Å²) in [6.45, 7) is 2.76. The van der Waals surface area contributed by atoms with Gasteiger partial charge in [-0.15, -0.1) is 0 Å². The molecule has 24 heavy (non-hydrogen) atoms. The van der Waals surface area contributed by atoms with Gasteiger partial charge in [0.15, 0.2) is 0 Å². The topological polar surface area (TPSA) is 18.5 Å². The summed E-state index contributed by atoms with van der Waals surface area (Å²) in [6.07, 6.45) is 2.05. The molecule has 1 atom stereocenters. The van der Waals surface area contributed by atoms with Gasteiger partial charge >= 0.3 is 0 Å². The second kappa shape index (κ2) is 8.84. The standard InChI is InChI=1S/C19H21Cl3O2/c1-3-4-13-24-17-8-6-5-7-16(17)18(19(20,21)22)14-9-11-15(23-2)12-10-14/h5-12,18H,3-4,13H2,1-2H3/t18-/m0/s1. The number of alkyl halides is 3. The third kappa shape index (κ3) is 4.95. The molecule has 0 spiro atoms. The van der Waals surface area contributed by atoms with E-state index in [1.54, 1.807) is 7.11 Å². The number of unbranched alkanes of at least 4 members (excludes halogenated alkanes) is 1. The molecule has 2 aromatic carbocycles. The molecule has 0 N–H and O–H groups in total. The van der Waals surface area contributed by atoms with E-state index in [9.17, 15) is 0 Å². The van der Waals surface area contributed by atoms with Crippen molar-refractivity contribution in [1.82, 2.24) is 0 Å². The SMILES string of the molecule is CCCCOc1ccccc1[C@H](c1ccc(OC)cc1)C(Cl)(Cl)Cl. The first kappa shape index (κ1) is 19.2. The lowest BCUT2D eigenvalue weighted by Gasteiger charge is -2.27. The van der Waals surface area contributed by atoms with Crippen molar-refractivity contribution >= 4 is 34.8 Å². The van der Waals surface area contributed by atoms with Crippen LogP contribution in [-0.4, -0.2) is 17.5 Å². The zero-order valence-corrected chi connectivity index (χ0v) is 16.0. The van der Waals surface area contributed by atoms with Gasteiger partial charge in [-0.3, -0.25) is 0 Å². The van der Waals surface area contributed by atoms with Gasteiger partial charge in [-0.1, -0.05) is 78.5 Å². The van der Waals surface area contributed by atoms with Gasteiger partial charge in [0.25, 0.3) is 0 Å². The molecule has 2 aromatic rings. The number of rotatable bonds is 7. The minimum absolute atomic E-state index is 0.439. The third-order valence-electron chi connectivity index (χ3n) is 3.76. The van der Waals surface area contributed by atoms with Crippen LogP contribution < -0.4 is 9.47 Å². The number of hydrogen-bond acceptors (Lipinski definition) is 2. The van der Waals surface area contributed by atoms with Gasteiger partial charge in [0.2, 0.25) is 3.79 Å². The van der Waals surface area contributed by atoms with Crippen LogP contribution in [0.5, 0.6) is 11.5 Å². The van der Waals surface area contributed by atoms with Crippen LogP contribution in [0.4, 0.5) is 0 Å². The number of benzene rings is 2. The number of ether oxygens (including phenoxy) is 2. The molecular weight excluding hydrogens is 367 g/mol. The molecule has 0 heterocycles. The van der Waals surface area contributed by atoms with E-state index in [4.69, 9.17) is 44.3 Å². The van der Waals surface area contributed by atoms with Crippen LogP contribution in [0.25, 0.3) is 0 Å². The molecule has 5 heteroatoms. The highest BCUT2D eigenvalue weighted by Crippen LogP contribution is 2.48. The van der Waals surface area contributed by atoms with E-state index >= 15 is 0 Å². The molecule has 0 aliphatic rings. The highest BCUT2D eigenvalue weighted by Gasteiger charge is 2.37. The second-order valence-corrected chi connectivity index (χ2v) is 7.86. The molecule has 0 saturated heterocycles. The lowest BCUT2D eigenvalue weighted by Crippen LogP contribution is -2.19. The Kier molecular flexibility index (Phi) is 7.09. The number of hydrogen-bond donors (Lipinski definition) is 0. The van der Waals surface area contributed by atoms with Gasteiger partial charge in [0.1, 0.15) is 11.5 Å². The zero-order chi connectivity index (χ0) is 17.6. The molecule has 0 aliphatic carbocycles. The summed E-state index contributed by atoms with van der Waals surface area (Å²) < 4.78 is 9.62. The van der Waals surface area contributed by atoms with Crippen LogP contribution in [0, 0.1) is 0 Å². The monoisotopic (exact) mass is 386 g/mol. The van der Waals surface area contributed by atoms with E-state index < -0.39 is 9.71 Å². The van der Waals surface area contributed by atoms with Gasteiger partial charge in [-0.25, -0.2) is 0 Å². The third-order valence-corrected chi connectivity index (χ3v) is 4.42. The fraction of sp³-hybridized carbons (Fsp3) is 0.368. The van der Waals surface area contributed by atoms with E-state index in [0.717, 1.165) is 35.5 Å². The summed E-state index contributed by atoms with van der Waals surface area (Å²) in [4.78, 5) is 0. The maximum Gasteiger partial charge on any atom is 0.201 e. The predicted octanol–water partition coefficient (Wildman–Crippen LogP) is 6.38. The molecule has 2 nitrogen and oxygen atoms in total. The first-order valence-electron chi connectivity index (χ1n) is 7.89.